The van der Waals surface area contributed by atoms with Crippen LogP contribution < -0.4 is 14.9 Å². The summed E-state index contributed by atoms with van der Waals surface area (Å²) in [5, 5.41) is 14.1. The van der Waals surface area contributed by atoms with Crippen LogP contribution in [0.4, 0.5) is 0 Å². The summed E-state index contributed by atoms with van der Waals surface area (Å²) in [6.07, 6.45) is 1.28. The number of ether oxygens (including phenoxy) is 2. The second-order valence-corrected chi connectivity index (χ2v) is 5.83. The monoisotopic (exact) mass is 362 g/mol. The Hall–Kier alpha value is -2.73. The van der Waals surface area contributed by atoms with Gasteiger partial charge < -0.3 is 14.6 Å². The number of phenols is 1. The van der Waals surface area contributed by atoms with Crippen molar-refractivity contribution in [2.75, 3.05) is 13.7 Å². The van der Waals surface area contributed by atoms with E-state index in [0.29, 0.717) is 16.3 Å². The lowest BCUT2D eigenvalue weighted by Gasteiger charge is -2.09. The lowest BCUT2D eigenvalue weighted by molar-refractivity contribution is -0.123. The van der Waals surface area contributed by atoms with E-state index in [9.17, 15) is 9.90 Å². The van der Waals surface area contributed by atoms with E-state index in [4.69, 9.17) is 21.1 Å². The molecule has 0 fully saturated rings. The van der Waals surface area contributed by atoms with Crippen LogP contribution >= 0.6 is 11.6 Å². The number of aromatic hydroxyl groups is 1. The standard InChI is InChI=1S/C18H19ClN2O4/c1-11-4-5-12(2)15(6-11)25-10-17(22)21-20-9-13-7-14(19)8-16(24-3)18(13)23/h4-9,23H,10H2,1-3H3,(H,21,22)/b20-9-. The van der Waals surface area contributed by atoms with Gasteiger partial charge in [0.2, 0.25) is 0 Å². The molecule has 2 aromatic rings. The molecule has 0 aliphatic rings. The molecule has 7 heteroatoms. The number of carbonyl (C=O) groups excluding carboxylic acids is 1. The van der Waals surface area contributed by atoms with Crippen LogP contribution in [0.1, 0.15) is 16.7 Å². The molecule has 0 bridgehead atoms. The van der Waals surface area contributed by atoms with Gasteiger partial charge in [0.1, 0.15) is 5.75 Å². The summed E-state index contributed by atoms with van der Waals surface area (Å²) in [5.74, 6) is 0.331. The van der Waals surface area contributed by atoms with E-state index in [-0.39, 0.29) is 18.1 Å². The molecule has 0 saturated carbocycles. The molecule has 0 heterocycles. The summed E-state index contributed by atoms with van der Waals surface area (Å²) in [4.78, 5) is 11.8. The smallest absolute Gasteiger partial charge is 0.277 e. The molecule has 0 aromatic heterocycles. The summed E-state index contributed by atoms with van der Waals surface area (Å²) in [6, 6.07) is 8.74. The van der Waals surface area contributed by atoms with E-state index < -0.39 is 5.91 Å². The zero-order valence-electron chi connectivity index (χ0n) is 14.2. The van der Waals surface area contributed by atoms with Gasteiger partial charge in [-0.25, -0.2) is 5.43 Å². The number of hydrazone groups is 1. The van der Waals surface area contributed by atoms with Gasteiger partial charge in [0.15, 0.2) is 18.1 Å². The van der Waals surface area contributed by atoms with Gasteiger partial charge in [-0.15, -0.1) is 0 Å². The summed E-state index contributed by atoms with van der Waals surface area (Å²) in [6.45, 7) is 3.68. The molecule has 25 heavy (non-hydrogen) atoms. The first-order valence-electron chi connectivity index (χ1n) is 7.49. The molecule has 0 unspecified atom stereocenters. The van der Waals surface area contributed by atoms with Gasteiger partial charge in [-0.05, 0) is 37.1 Å². The largest absolute Gasteiger partial charge is 0.504 e. The molecule has 132 valence electrons. The van der Waals surface area contributed by atoms with E-state index >= 15 is 0 Å². The fourth-order valence-corrected chi connectivity index (χ4v) is 2.28. The molecule has 2 N–H and O–H groups in total. The molecule has 0 aliphatic carbocycles. The predicted molar refractivity (Wildman–Crippen MR) is 96.8 cm³/mol. The first kappa shape index (κ1) is 18.6. The quantitative estimate of drug-likeness (QED) is 0.611. The van der Waals surface area contributed by atoms with Gasteiger partial charge in [0.25, 0.3) is 5.91 Å². The van der Waals surface area contributed by atoms with E-state index in [2.05, 4.69) is 10.5 Å². The number of nitrogens with zero attached hydrogens (tertiary/aromatic N) is 1. The summed E-state index contributed by atoms with van der Waals surface area (Å²) in [7, 11) is 1.42. The van der Waals surface area contributed by atoms with Crippen LogP contribution in [-0.2, 0) is 4.79 Å². The summed E-state index contributed by atoms with van der Waals surface area (Å²) in [5.41, 5.74) is 4.64. The van der Waals surface area contributed by atoms with Crippen LogP contribution in [0.15, 0.2) is 35.4 Å². The fourth-order valence-electron chi connectivity index (χ4n) is 2.06. The number of methoxy groups -OCH3 is 1. The fraction of sp³-hybridized carbons (Fsp3) is 0.222. The Labute approximate surface area is 151 Å². The zero-order valence-corrected chi connectivity index (χ0v) is 14.9. The molecule has 2 rings (SSSR count). The van der Waals surface area contributed by atoms with Crippen molar-refractivity contribution >= 4 is 23.7 Å². The van der Waals surface area contributed by atoms with Crippen molar-refractivity contribution < 1.29 is 19.4 Å². The van der Waals surface area contributed by atoms with Crippen molar-refractivity contribution in [2.24, 2.45) is 5.10 Å². The number of nitrogens with one attached hydrogen (secondary N) is 1. The number of hydrogen-bond acceptors (Lipinski definition) is 5. The summed E-state index contributed by atoms with van der Waals surface area (Å²) >= 11 is 5.93. The average molecular weight is 363 g/mol. The van der Waals surface area contributed by atoms with Gasteiger partial charge in [-0.2, -0.15) is 5.10 Å². The van der Waals surface area contributed by atoms with E-state index in [0.717, 1.165) is 11.1 Å². The van der Waals surface area contributed by atoms with Crippen LogP contribution in [-0.4, -0.2) is 30.9 Å². The minimum absolute atomic E-state index is 0.114. The molecule has 0 radical (unpaired) electrons. The van der Waals surface area contributed by atoms with Crippen molar-refractivity contribution in [3.63, 3.8) is 0 Å². The molecule has 6 nitrogen and oxygen atoms in total. The highest BCUT2D eigenvalue weighted by molar-refractivity contribution is 6.31. The van der Waals surface area contributed by atoms with Crippen LogP contribution in [0.3, 0.4) is 0 Å². The Kier molecular flexibility index (Phi) is 6.25. The highest BCUT2D eigenvalue weighted by atomic mass is 35.5. The number of halogens is 1. The SMILES string of the molecule is COc1cc(Cl)cc(/C=N\NC(=O)COc2cc(C)ccc2C)c1O. The van der Waals surface area contributed by atoms with E-state index in [1.165, 1.54) is 25.5 Å². The first-order valence-corrected chi connectivity index (χ1v) is 7.87. The highest BCUT2D eigenvalue weighted by Crippen LogP contribution is 2.32. The maximum absolute atomic E-state index is 11.8. The lowest BCUT2D eigenvalue weighted by Crippen LogP contribution is -2.24. The Morgan fingerprint density at radius 3 is 2.76 bits per heavy atom. The number of rotatable bonds is 6. The van der Waals surface area contributed by atoms with Gasteiger partial charge in [-0.1, -0.05) is 23.7 Å². The van der Waals surface area contributed by atoms with Crippen LogP contribution in [0.2, 0.25) is 5.02 Å². The minimum Gasteiger partial charge on any atom is -0.504 e. The van der Waals surface area contributed by atoms with E-state index in [1.54, 1.807) is 0 Å². The normalized spacial score (nSPS) is 10.7. The second-order valence-electron chi connectivity index (χ2n) is 5.40. The average Bonchev–Trinajstić information content (AvgIpc) is 2.58. The van der Waals surface area contributed by atoms with Crippen molar-refractivity contribution in [3.8, 4) is 17.2 Å². The Balaban J connectivity index is 1.95. The molecule has 0 atom stereocenters. The maximum atomic E-state index is 11.8. The summed E-state index contributed by atoms with van der Waals surface area (Å²) < 4.78 is 10.5. The van der Waals surface area contributed by atoms with E-state index in [1.807, 2.05) is 32.0 Å². The van der Waals surface area contributed by atoms with Gasteiger partial charge >= 0.3 is 0 Å². The minimum atomic E-state index is -0.425. The van der Waals surface area contributed by atoms with Crippen molar-refractivity contribution in [3.05, 3.63) is 52.0 Å². The number of hydrogen-bond donors (Lipinski definition) is 2. The third kappa shape index (κ3) is 5.12. The maximum Gasteiger partial charge on any atom is 0.277 e. The van der Waals surface area contributed by atoms with Crippen molar-refractivity contribution in [1.29, 1.82) is 0 Å². The molecule has 1 amide bonds. The third-order valence-corrected chi connectivity index (χ3v) is 3.60. The molecule has 0 spiro atoms. The van der Waals surface area contributed by atoms with Crippen LogP contribution in [0.25, 0.3) is 0 Å². The molecule has 2 aromatic carbocycles. The number of benzene rings is 2. The topological polar surface area (TPSA) is 80.2 Å². The van der Waals surface area contributed by atoms with Crippen molar-refractivity contribution in [2.45, 2.75) is 13.8 Å². The van der Waals surface area contributed by atoms with Gasteiger partial charge in [-0.3, -0.25) is 4.79 Å². The van der Waals surface area contributed by atoms with Crippen LogP contribution in [0.5, 0.6) is 17.2 Å². The molecular formula is C18H19ClN2O4. The molecule has 0 aliphatic heterocycles. The first-order chi connectivity index (χ1) is 11.9. The van der Waals surface area contributed by atoms with Gasteiger partial charge in [0.05, 0.1) is 13.3 Å². The van der Waals surface area contributed by atoms with Gasteiger partial charge in [0, 0.05) is 16.7 Å². The second kappa shape index (κ2) is 8.39. The highest BCUT2D eigenvalue weighted by Gasteiger charge is 2.09. The predicted octanol–water partition coefficient (Wildman–Crippen LogP) is 3.20. The lowest BCUT2D eigenvalue weighted by atomic mass is 10.1. The Morgan fingerprint density at radius 2 is 2.04 bits per heavy atom. The van der Waals surface area contributed by atoms with Crippen molar-refractivity contribution in [1.82, 2.24) is 5.43 Å². The Morgan fingerprint density at radius 1 is 1.28 bits per heavy atom. The molecular weight excluding hydrogens is 344 g/mol. The zero-order chi connectivity index (χ0) is 18.4. The number of amides is 1. The number of aryl methyl sites for hydroxylation is 2. The number of carbonyl (C=O) groups is 1. The number of phenolic OH excluding ortho intramolecular Hbond substituents is 1. The third-order valence-electron chi connectivity index (χ3n) is 3.38. The molecule has 0 saturated heterocycles. The van der Waals surface area contributed by atoms with Crippen LogP contribution in [0, 0.1) is 13.8 Å². The Bertz CT molecular complexity index is 806.